The van der Waals surface area contributed by atoms with E-state index in [1.54, 1.807) is 13.8 Å². The highest BCUT2D eigenvalue weighted by Gasteiger charge is 2.46. The number of nitrogens with two attached hydrogens (primary N) is 2. The van der Waals surface area contributed by atoms with Crippen LogP contribution in [0.3, 0.4) is 0 Å². The monoisotopic (exact) mass is 438 g/mol. The number of fused-ring (bicyclic) bond motifs is 1. The number of ether oxygens (including phenoxy) is 2. The minimum Gasteiger partial charge on any atom is -0.462 e. The Morgan fingerprint density at radius 3 is 2.68 bits per heavy atom. The molecule has 0 aromatic carbocycles. The molecule has 2 aromatic rings. The van der Waals surface area contributed by atoms with Crippen LogP contribution in [0.15, 0.2) is 22.2 Å². The van der Waals surface area contributed by atoms with Gasteiger partial charge in [0.05, 0.1) is 0 Å². The van der Waals surface area contributed by atoms with Crippen molar-refractivity contribution in [3.05, 3.63) is 33.5 Å². The van der Waals surface area contributed by atoms with Gasteiger partial charge in [-0.2, -0.15) is 4.98 Å². The molecule has 0 amide bonds. The fourth-order valence-electron chi connectivity index (χ4n) is 3.34. The predicted molar refractivity (Wildman–Crippen MR) is 109 cm³/mol. The molecule has 0 saturated carbocycles. The van der Waals surface area contributed by atoms with Gasteiger partial charge in [-0.25, -0.2) is 9.36 Å². The Morgan fingerprint density at radius 2 is 2.06 bits per heavy atom. The molecule has 13 nitrogen and oxygen atoms in total. The van der Waals surface area contributed by atoms with E-state index in [0.717, 1.165) is 9.13 Å². The molecule has 0 radical (unpaired) electrons. The average molecular weight is 438 g/mol. The summed E-state index contributed by atoms with van der Waals surface area (Å²) in [5.41, 5.74) is 9.72. The number of aliphatic hydroxyl groups is 2. The zero-order chi connectivity index (χ0) is 23.0. The number of hydrogen-bond donors (Lipinski definition) is 5. The van der Waals surface area contributed by atoms with Crippen molar-refractivity contribution in [1.29, 1.82) is 0 Å². The highest BCUT2D eigenvalue weighted by Crippen LogP contribution is 2.30. The molecular weight excluding hydrogens is 412 g/mol. The average Bonchev–Trinajstić information content (AvgIpc) is 3.13. The van der Waals surface area contributed by atoms with Crippen molar-refractivity contribution in [2.75, 3.05) is 12.3 Å². The highest BCUT2D eigenvalue weighted by atomic mass is 16.6. The van der Waals surface area contributed by atoms with Crippen molar-refractivity contribution in [1.82, 2.24) is 19.1 Å². The lowest BCUT2D eigenvalue weighted by Crippen LogP contribution is -2.40. The lowest BCUT2D eigenvalue weighted by atomic mass is 10.1. The first kappa shape index (κ1) is 22.7. The number of rotatable bonds is 7. The van der Waals surface area contributed by atoms with E-state index in [4.69, 9.17) is 20.9 Å². The minimum atomic E-state index is -1.58. The second-order valence-electron chi connectivity index (χ2n) is 7.62. The van der Waals surface area contributed by atoms with Gasteiger partial charge in [0, 0.05) is 6.54 Å². The Balaban J connectivity index is 1.95. The third kappa shape index (κ3) is 3.99. The van der Waals surface area contributed by atoms with Crippen LogP contribution in [0.2, 0.25) is 0 Å². The molecule has 1 aliphatic heterocycles. The van der Waals surface area contributed by atoms with Crippen LogP contribution >= 0.6 is 0 Å². The summed E-state index contributed by atoms with van der Waals surface area (Å²) in [5.74, 6) is -1.10. The molecule has 1 unspecified atom stereocenters. The maximum Gasteiger partial charge on any atom is 0.333 e. The van der Waals surface area contributed by atoms with E-state index in [9.17, 15) is 24.6 Å². The van der Waals surface area contributed by atoms with E-state index in [1.165, 1.54) is 6.08 Å². The van der Waals surface area contributed by atoms with Gasteiger partial charge in [0.1, 0.15) is 31.0 Å². The van der Waals surface area contributed by atoms with Crippen molar-refractivity contribution in [2.45, 2.75) is 51.0 Å². The number of H-pyrrole nitrogens is 1. The van der Waals surface area contributed by atoms with E-state index >= 15 is 0 Å². The number of esters is 1. The van der Waals surface area contributed by atoms with Gasteiger partial charge in [-0.1, -0.05) is 19.9 Å². The lowest BCUT2D eigenvalue weighted by molar-refractivity contribution is -0.152. The van der Waals surface area contributed by atoms with E-state index in [-0.39, 0.29) is 29.6 Å². The molecule has 170 valence electrons. The molecule has 3 heterocycles. The molecule has 13 heteroatoms. The summed E-state index contributed by atoms with van der Waals surface area (Å²) in [4.78, 5) is 43.7. The molecule has 0 bridgehead atoms. The van der Waals surface area contributed by atoms with Gasteiger partial charge >= 0.3 is 11.7 Å². The molecule has 1 saturated heterocycles. The van der Waals surface area contributed by atoms with Gasteiger partial charge in [-0.3, -0.25) is 19.1 Å². The number of nitrogen functional groups attached to an aromatic ring is 1. The topological polar surface area (TPSA) is 201 Å². The summed E-state index contributed by atoms with van der Waals surface area (Å²) in [6.45, 7) is 6.64. The summed E-state index contributed by atoms with van der Waals surface area (Å²) in [7, 11) is 0. The van der Waals surface area contributed by atoms with Crippen LogP contribution in [0, 0.1) is 5.92 Å². The Labute approximate surface area is 175 Å². The summed E-state index contributed by atoms with van der Waals surface area (Å²) in [6, 6.07) is -0.863. The third-order valence-corrected chi connectivity index (χ3v) is 5.11. The number of nitrogens with zero attached hydrogens (tertiary/aromatic N) is 3. The second kappa shape index (κ2) is 8.63. The fourth-order valence-corrected chi connectivity index (χ4v) is 3.34. The van der Waals surface area contributed by atoms with Gasteiger partial charge in [-0.05, 0) is 5.92 Å². The lowest BCUT2D eigenvalue weighted by Gasteiger charge is -2.18. The summed E-state index contributed by atoms with van der Waals surface area (Å²) in [5, 5.41) is 20.9. The van der Waals surface area contributed by atoms with Crippen molar-refractivity contribution < 1.29 is 24.5 Å². The van der Waals surface area contributed by atoms with Gasteiger partial charge in [0.15, 0.2) is 17.4 Å². The van der Waals surface area contributed by atoms with Crippen molar-refractivity contribution in [2.24, 2.45) is 11.7 Å². The molecule has 2 aromatic heterocycles. The molecule has 3 rings (SSSR count). The van der Waals surface area contributed by atoms with Gasteiger partial charge in [-0.15, -0.1) is 6.58 Å². The Kier molecular flexibility index (Phi) is 6.31. The first-order valence-corrected chi connectivity index (χ1v) is 9.63. The number of hydrogen-bond acceptors (Lipinski definition) is 10. The molecule has 5 atom stereocenters. The number of aromatic nitrogens is 4. The molecular formula is C18H26N6O7. The van der Waals surface area contributed by atoms with E-state index in [0.29, 0.717) is 0 Å². The summed E-state index contributed by atoms with van der Waals surface area (Å²) in [6.07, 6.45) is -4.22. The number of carbonyl (C=O) groups excluding carboxylic acids is 1. The number of anilines is 1. The van der Waals surface area contributed by atoms with Gasteiger partial charge in [0.2, 0.25) is 5.95 Å². The quantitative estimate of drug-likeness (QED) is 0.233. The van der Waals surface area contributed by atoms with E-state index in [1.807, 2.05) is 0 Å². The van der Waals surface area contributed by atoms with Gasteiger partial charge < -0.3 is 31.2 Å². The normalized spacial score (nSPS) is 24.6. The minimum absolute atomic E-state index is 0.0173. The van der Waals surface area contributed by atoms with Crippen LogP contribution in [0.1, 0.15) is 20.1 Å². The molecule has 1 aliphatic rings. The van der Waals surface area contributed by atoms with Crippen LogP contribution in [0.4, 0.5) is 5.95 Å². The maximum atomic E-state index is 13.0. The summed E-state index contributed by atoms with van der Waals surface area (Å²) < 4.78 is 12.7. The van der Waals surface area contributed by atoms with Crippen LogP contribution < -0.4 is 22.7 Å². The van der Waals surface area contributed by atoms with Crippen LogP contribution in [-0.4, -0.2) is 66.2 Å². The number of aliphatic hydroxyl groups excluding tert-OH is 2. The molecule has 0 aliphatic carbocycles. The van der Waals surface area contributed by atoms with E-state index < -0.39 is 54.4 Å². The first-order valence-electron chi connectivity index (χ1n) is 9.63. The Morgan fingerprint density at radius 1 is 1.39 bits per heavy atom. The highest BCUT2D eigenvalue weighted by molar-refractivity contribution is 5.75. The standard InChI is InChI=1S/C18H26N6O7/c1-4-5-23-10-13(21-17(20)22-14(10)27)24(18(23)29)15-12(26)11(25)8(31-15)6-30-16(28)9(19)7(2)3/h4,7-9,11-12,15,25-26H,1,5-6,19H2,2-3H3,(H3,20,21,22,27)/t8-,9?,11-,12-,15-/m1/s1. The van der Waals surface area contributed by atoms with Gasteiger partial charge in [0.25, 0.3) is 5.56 Å². The number of aromatic amines is 1. The maximum absolute atomic E-state index is 13.0. The Hall–Kier alpha value is -3.00. The number of nitrogens with one attached hydrogen (secondary N) is 1. The first-order chi connectivity index (χ1) is 14.6. The van der Waals surface area contributed by atoms with Crippen molar-refractivity contribution in [3.63, 3.8) is 0 Å². The smallest absolute Gasteiger partial charge is 0.333 e. The number of imidazole rings is 1. The molecule has 7 N–H and O–H groups in total. The summed E-state index contributed by atoms with van der Waals surface area (Å²) >= 11 is 0. The van der Waals surface area contributed by atoms with E-state index in [2.05, 4.69) is 16.5 Å². The largest absolute Gasteiger partial charge is 0.462 e. The van der Waals surface area contributed by atoms with Crippen molar-refractivity contribution in [3.8, 4) is 0 Å². The van der Waals surface area contributed by atoms with Crippen molar-refractivity contribution >= 4 is 23.1 Å². The number of allylic oxidation sites excluding steroid dienone is 1. The number of carbonyl (C=O) groups is 1. The second-order valence-corrected chi connectivity index (χ2v) is 7.62. The third-order valence-electron chi connectivity index (χ3n) is 5.11. The SMILES string of the molecule is C=CCn1c(=O)n([C@@H]2O[C@H](COC(=O)C(N)C(C)C)[C@@H](O)[C@H]2O)c2nc(N)[nH]c(=O)c21. The van der Waals surface area contributed by atoms with Crippen LogP contribution in [-0.2, 0) is 20.8 Å². The Bertz CT molecular complexity index is 1100. The molecule has 31 heavy (non-hydrogen) atoms. The molecule has 0 spiro atoms. The molecule has 1 fully saturated rings. The zero-order valence-electron chi connectivity index (χ0n) is 17.1. The fraction of sp³-hybridized carbons (Fsp3) is 0.556. The predicted octanol–water partition coefficient (Wildman–Crippen LogP) is -2.20. The van der Waals surface area contributed by atoms with Crippen LogP contribution in [0.5, 0.6) is 0 Å². The zero-order valence-corrected chi connectivity index (χ0v) is 17.1. The van der Waals surface area contributed by atoms with Crippen LogP contribution in [0.25, 0.3) is 11.2 Å².